The summed E-state index contributed by atoms with van der Waals surface area (Å²) in [4.78, 5) is 0.0845. The summed E-state index contributed by atoms with van der Waals surface area (Å²) in [6.07, 6.45) is 3.57. The Kier molecular flexibility index (Phi) is 7.37. The van der Waals surface area contributed by atoms with Gasteiger partial charge < -0.3 is 4.13 Å². The third kappa shape index (κ3) is 5.16. The molecule has 0 bridgehead atoms. The van der Waals surface area contributed by atoms with Crippen molar-refractivity contribution in [2.45, 2.75) is 102 Å². The second kappa shape index (κ2) is 8.84. The number of nitrogens with zero attached hydrogens (tertiary/aromatic N) is 1. The van der Waals surface area contributed by atoms with Gasteiger partial charge in [0.05, 0.1) is 14.9 Å². The van der Waals surface area contributed by atoms with E-state index >= 15 is 0 Å². The van der Waals surface area contributed by atoms with Crippen LogP contribution in [-0.2, 0) is 20.0 Å². The summed E-state index contributed by atoms with van der Waals surface area (Å²) in [6, 6.07) is 3.80. The van der Waals surface area contributed by atoms with Crippen molar-refractivity contribution in [3.8, 4) is 0 Å². The van der Waals surface area contributed by atoms with E-state index in [9.17, 15) is 16.8 Å². The van der Waals surface area contributed by atoms with Gasteiger partial charge in [0.15, 0.2) is 0 Å². The van der Waals surface area contributed by atoms with E-state index in [1.54, 1.807) is 0 Å². The SMILES string of the molecule is CC(C)c1cc(C(C)C)c(S(=O)(=O)[N-]S(=O)(=O)C2CCCCC2)c(C(C)C)c1. The zero-order valence-electron chi connectivity index (χ0n) is 17.9. The number of rotatable bonds is 7. The fraction of sp³-hybridized carbons (Fsp3) is 0.714. The normalized spacial score (nSPS) is 17.0. The molecule has 1 aliphatic rings. The molecule has 0 unspecified atom stereocenters. The van der Waals surface area contributed by atoms with Gasteiger partial charge in [-0.15, -0.1) is 0 Å². The smallest absolute Gasteiger partial charge is 0.112 e. The van der Waals surface area contributed by atoms with Crippen molar-refractivity contribution in [3.63, 3.8) is 0 Å². The Hall–Kier alpha value is -0.920. The standard InChI is InChI=1S/C21H34NO4S2/c1-14(2)17-12-19(15(3)4)21(20(13-17)16(5)6)28(25,26)22-27(23,24)18-10-8-7-9-11-18/h12-16,18H,7-11H2,1-6H3/q-1. The average Bonchev–Trinajstić information content (AvgIpc) is 2.60. The maximum Gasteiger partial charge on any atom is 0.112 e. The number of benzene rings is 1. The van der Waals surface area contributed by atoms with Crippen LogP contribution in [-0.4, -0.2) is 22.1 Å². The largest absolute Gasteiger partial charge is 0.432 e. The first-order valence-corrected chi connectivity index (χ1v) is 13.2. The Morgan fingerprint density at radius 1 is 0.786 bits per heavy atom. The second-order valence-corrected chi connectivity index (χ2v) is 12.5. The lowest BCUT2D eigenvalue weighted by Gasteiger charge is -2.32. The fourth-order valence-electron chi connectivity index (χ4n) is 3.79. The predicted molar refractivity (Wildman–Crippen MR) is 115 cm³/mol. The Morgan fingerprint density at radius 3 is 1.64 bits per heavy atom. The maximum absolute atomic E-state index is 13.3. The van der Waals surface area contributed by atoms with Gasteiger partial charge in [-0.3, -0.25) is 0 Å². The van der Waals surface area contributed by atoms with Crippen molar-refractivity contribution in [1.29, 1.82) is 0 Å². The monoisotopic (exact) mass is 428 g/mol. The summed E-state index contributed by atoms with van der Waals surface area (Å²) in [5.74, 6) is 0.122. The molecule has 1 aromatic carbocycles. The van der Waals surface area contributed by atoms with E-state index in [1.807, 2.05) is 39.8 Å². The molecule has 1 aliphatic carbocycles. The topological polar surface area (TPSA) is 82.4 Å². The van der Waals surface area contributed by atoms with Gasteiger partial charge >= 0.3 is 0 Å². The molecule has 0 spiro atoms. The first kappa shape index (κ1) is 23.4. The number of sulfonamides is 2. The zero-order chi connectivity index (χ0) is 21.3. The molecule has 0 N–H and O–H groups in total. The molecular formula is C21H34NO4S2-. The van der Waals surface area contributed by atoms with E-state index in [1.165, 1.54) is 0 Å². The van der Waals surface area contributed by atoms with Gasteiger partial charge in [0, 0.05) is 5.25 Å². The lowest BCUT2D eigenvalue weighted by atomic mass is 9.89. The van der Waals surface area contributed by atoms with E-state index in [2.05, 4.69) is 18.0 Å². The molecule has 1 aromatic rings. The van der Waals surface area contributed by atoms with Crippen LogP contribution in [0.2, 0.25) is 0 Å². The highest BCUT2D eigenvalue weighted by atomic mass is 32.3. The van der Waals surface area contributed by atoms with Crippen LogP contribution in [0.1, 0.15) is 108 Å². The highest BCUT2D eigenvalue weighted by Gasteiger charge is 2.27. The van der Waals surface area contributed by atoms with Crippen LogP contribution in [0.4, 0.5) is 0 Å². The van der Waals surface area contributed by atoms with Gasteiger partial charge in [0.1, 0.15) is 10.0 Å². The molecule has 1 saturated carbocycles. The average molecular weight is 429 g/mol. The van der Waals surface area contributed by atoms with Gasteiger partial charge in [-0.2, -0.15) is 0 Å². The molecule has 0 heterocycles. The molecule has 160 valence electrons. The van der Waals surface area contributed by atoms with Crippen LogP contribution in [0.3, 0.4) is 0 Å². The zero-order valence-corrected chi connectivity index (χ0v) is 19.5. The quantitative estimate of drug-likeness (QED) is 0.551. The van der Waals surface area contributed by atoms with Crippen LogP contribution in [0.15, 0.2) is 17.0 Å². The molecular weight excluding hydrogens is 394 g/mol. The third-order valence-corrected chi connectivity index (χ3v) is 9.43. The molecule has 0 radical (unpaired) electrons. The molecule has 2 rings (SSSR count). The van der Waals surface area contributed by atoms with Crippen molar-refractivity contribution >= 4 is 20.0 Å². The van der Waals surface area contributed by atoms with Gasteiger partial charge in [-0.05, 0) is 47.3 Å². The highest BCUT2D eigenvalue weighted by molar-refractivity contribution is 8.12. The van der Waals surface area contributed by atoms with E-state index in [0.29, 0.717) is 24.0 Å². The van der Waals surface area contributed by atoms with Crippen LogP contribution in [0.5, 0.6) is 0 Å². The first-order valence-electron chi connectivity index (χ1n) is 10.3. The van der Waals surface area contributed by atoms with Crippen LogP contribution >= 0.6 is 0 Å². The Labute approximate surface area is 171 Å². The number of hydrogen-bond acceptors (Lipinski definition) is 4. The van der Waals surface area contributed by atoms with Crippen molar-refractivity contribution < 1.29 is 16.8 Å². The predicted octanol–water partition coefficient (Wildman–Crippen LogP) is 5.78. The van der Waals surface area contributed by atoms with Crippen molar-refractivity contribution in [2.24, 2.45) is 0 Å². The van der Waals surface area contributed by atoms with Crippen molar-refractivity contribution in [2.75, 3.05) is 0 Å². The van der Waals surface area contributed by atoms with Gasteiger partial charge in [0.25, 0.3) is 0 Å². The molecule has 0 amide bonds. The molecule has 0 aromatic heterocycles. The van der Waals surface area contributed by atoms with Gasteiger partial charge in [0.2, 0.25) is 0 Å². The molecule has 5 nitrogen and oxygen atoms in total. The molecule has 28 heavy (non-hydrogen) atoms. The summed E-state index contributed by atoms with van der Waals surface area (Å²) >= 11 is 0. The van der Waals surface area contributed by atoms with Crippen molar-refractivity contribution in [1.82, 2.24) is 0 Å². The summed E-state index contributed by atoms with van der Waals surface area (Å²) < 4.78 is 55.6. The minimum absolute atomic E-state index is 0.0615. The summed E-state index contributed by atoms with van der Waals surface area (Å²) in [6.45, 7) is 11.8. The lowest BCUT2D eigenvalue weighted by Crippen LogP contribution is -2.25. The van der Waals surface area contributed by atoms with E-state index in [0.717, 1.165) is 24.8 Å². The summed E-state index contributed by atoms with van der Waals surface area (Å²) in [5.41, 5.74) is 2.36. The Bertz CT molecular complexity index is 865. The Morgan fingerprint density at radius 2 is 1.25 bits per heavy atom. The fourth-order valence-corrected chi connectivity index (χ4v) is 7.78. The first-order chi connectivity index (χ1) is 12.9. The maximum atomic E-state index is 13.3. The lowest BCUT2D eigenvalue weighted by molar-refractivity contribution is 0.487. The van der Waals surface area contributed by atoms with E-state index < -0.39 is 25.3 Å². The molecule has 0 saturated heterocycles. The van der Waals surface area contributed by atoms with Crippen LogP contribution in [0, 0.1) is 0 Å². The third-order valence-electron chi connectivity index (χ3n) is 5.51. The Balaban J connectivity index is 2.60. The van der Waals surface area contributed by atoms with Crippen LogP contribution < -0.4 is 0 Å². The van der Waals surface area contributed by atoms with Gasteiger partial charge in [-0.1, -0.05) is 72.9 Å². The molecule has 0 atom stereocenters. The molecule has 0 aliphatic heterocycles. The summed E-state index contributed by atoms with van der Waals surface area (Å²) in [7, 11) is -8.39. The molecule has 1 fully saturated rings. The summed E-state index contributed by atoms with van der Waals surface area (Å²) in [5, 5.41) is -0.684. The number of hydrogen-bond donors (Lipinski definition) is 0. The van der Waals surface area contributed by atoms with E-state index in [4.69, 9.17) is 0 Å². The van der Waals surface area contributed by atoms with Crippen molar-refractivity contribution in [3.05, 3.63) is 33.0 Å². The second-order valence-electron chi connectivity index (χ2n) is 8.82. The van der Waals surface area contributed by atoms with Crippen LogP contribution in [0.25, 0.3) is 4.13 Å². The minimum Gasteiger partial charge on any atom is -0.432 e. The van der Waals surface area contributed by atoms with Gasteiger partial charge in [-0.25, -0.2) is 16.8 Å². The molecule has 7 heteroatoms. The minimum atomic E-state index is -4.32. The van der Waals surface area contributed by atoms with E-state index in [-0.39, 0.29) is 22.6 Å². The highest BCUT2D eigenvalue weighted by Crippen LogP contribution is 2.39.